The number of imidazole rings is 1. The number of nitrogens with zero attached hydrogens (tertiary/aromatic N) is 5. The monoisotopic (exact) mass is 347 g/mol. The fourth-order valence-corrected chi connectivity index (χ4v) is 2.93. The zero-order chi connectivity index (χ0) is 18.3. The summed E-state index contributed by atoms with van der Waals surface area (Å²) >= 11 is 0. The molecule has 0 spiro atoms. The normalized spacial score (nSPS) is 10.8. The van der Waals surface area contributed by atoms with E-state index < -0.39 is 11.6 Å². The van der Waals surface area contributed by atoms with E-state index >= 15 is 0 Å². The molecule has 4 rings (SSSR count). The molecule has 0 amide bonds. The number of fused-ring (bicyclic) bond motifs is 1. The molecule has 0 N–H and O–H groups in total. The van der Waals surface area contributed by atoms with Gasteiger partial charge in [-0.15, -0.1) is 0 Å². The lowest BCUT2D eigenvalue weighted by Gasteiger charge is -2.12. The van der Waals surface area contributed by atoms with Gasteiger partial charge < -0.3 is 4.57 Å². The van der Waals surface area contributed by atoms with E-state index in [9.17, 15) is 8.78 Å². The van der Waals surface area contributed by atoms with Gasteiger partial charge in [-0.1, -0.05) is 6.07 Å². The molecule has 0 aliphatic heterocycles. The average molecular weight is 347 g/mol. The van der Waals surface area contributed by atoms with Crippen LogP contribution in [-0.2, 0) is 7.05 Å². The van der Waals surface area contributed by atoms with Crippen LogP contribution in [0.4, 0.5) is 8.78 Å². The van der Waals surface area contributed by atoms with Crippen molar-refractivity contribution in [3.63, 3.8) is 0 Å². The minimum atomic E-state index is -1.18. The minimum absolute atomic E-state index is 0.0350. The summed E-state index contributed by atoms with van der Waals surface area (Å²) in [4.78, 5) is 12.2. The predicted octanol–water partition coefficient (Wildman–Crippen LogP) is 3.85. The van der Waals surface area contributed by atoms with E-state index in [4.69, 9.17) is 5.26 Å². The molecule has 0 aliphatic carbocycles. The van der Waals surface area contributed by atoms with E-state index in [1.54, 1.807) is 36.7 Å². The van der Waals surface area contributed by atoms with Gasteiger partial charge in [-0.3, -0.25) is 0 Å². The first kappa shape index (κ1) is 15.8. The Labute approximate surface area is 147 Å². The molecule has 2 aromatic carbocycles. The lowest BCUT2D eigenvalue weighted by atomic mass is 9.94. The molecule has 126 valence electrons. The van der Waals surface area contributed by atoms with Gasteiger partial charge in [-0.25, -0.2) is 23.7 Å². The van der Waals surface area contributed by atoms with Crippen LogP contribution >= 0.6 is 0 Å². The summed E-state index contributed by atoms with van der Waals surface area (Å²) in [6.07, 6.45) is 4.46. The van der Waals surface area contributed by atoms with Crippen LogP contribution in [-0.4, -0.2) is 19.5 Å². The quantitative estimate of drug-likeness (QED) is 0.552. The van der Waals surface area contributed by atoms with Crippen molar-refractivity contribution in [1.29, 1.82) is 5.26 Å². The maximum Gasteiger partial charge on any atom is 0.177 e. The fraction of sp³-hybridized carbons (Fsp3) is 0.0526. The Hall–Kier alpha value is -3.66. The number of nitriles is 1. The Kier molecular flexibility index (Phi) is 3.66. The summed E-state index contributed by atoms with van der Waals surface area (Å²) in [6.45, 7) is 0. The number of aromatic nitrogens is 4. The SMILES string of the molecule is Cn1cnc2cc(-c3c(-c4ccncn4)cc(C#N)c(F)c3F)ccc21. The topological polar surface area (TPSA) is 67.4 Å². The van der Waals surface area contributed by atoms with Crippen LogP contribution in [0, 0.1) is 23.0 Å². The van der Waals surface area contributed by atoms with E-state index in [0.29, 0.717) is 22.3 Å². The van der Waals surface area contributed by atoms with Crippen molar-refractivity contribution in [2.24, 2.45) is 7.05 Å². The molecular formula is C19H11F2N5. The van der Waals surface area contributed by atoms with E-state index in [-0.39, 0.29) is 11.1 Å². The van der Waals surface area contributed by atoms with Crippen LogP contribution in [0.25, 0.3) is 33.4 Å². The molecule has 0 radical (unpaired) electrons. The number of hydrogen-bond acceptors (Lipinski definition) is 4. The molecule has 4 aromatic rings. The third-order valence-electron chi connectivity index (χ3n) is 4.20. The Balaban J connectivity index is 2.05. The first-order valence-corrected chi connectivity index (χ1v) is 7.70. The summed E-state index contributed by atoms with van der Waals surface area (Å²) in [6, 6.07) is 9.73. The summed E-state index contributed by atoms with van der Waals surface area (Å²) < 4.78 is 31.0. The van der Waals surface area contributed by atoms with Gasteiger partial charge >= 0.3 is 0 Å². The number of rotatable bonds is 2. The molecule has 7 heteroatoms. The summed E-state index contributed by atoms with van der Waals surface area (Å²) in [7, 11) is 1.85. The summed E-state index contributed by atoms with van der Waals surface area (Å²) in [5.41, 5.74) is 2.34. The van der Waals surface area contributed by atoms with Gasteiger partial charge in [0, 0.05) is 24.4 Å². The van der Waals surface area contributed by atoms with Crippen LogP contribution in [0.3, 0.4) is 0 Å². The third-order valence-corrected chi connectivity index (χ3v) is 4.20. The van der Waals surface area contributed by atoms with Gasteiger partial charge in [0.1, 0.15) is 12.4 Å². The average Bonchev–Trinajstić information content (AvgIpc) is 3.04. The number of aryl methyl sites for hydroxylation is 1. The standard InChI is InChI=1S/C19H11F2N5/c1-26-10-25-15-7-11(2-3-16(15)26)17-13(14-4-5-23-9-24-14)6-12(8-22)18(20)19(17)21/h2-7,9-10H,1H3. The highest BCUT2D eigenvalue weighted by Crippen LogP contribution is 2.37. The van der Waals surface area contributed by atoms with Crippen molar-refractivity contribution in [3.8, 4) is 28.5 Å². The smallest absolute Gasteiger partial charge is 0.177 e. The highest BCUT2D eigenvalue weighted by Gasteiger charge is 2.22. The zero-order valence-electron chi connectivity index (χ0n) is 13.6. The fourth-order valence-electron chi connectivity index (χ4n) is 2.93. The third kappa shape index (κ3) is 2.40. The largest absolute Gasteiger partial charge is 0.334 e. The van der Waals surface area contributed by atoms with Crippen molar-refractivity contribution in [2.75, 3.05) is 0 Å². The maximum atomic E-state index is 14.9. The van der Waals surface area contributed by atoms with Crippen molar-refractivity contribution in [2.45, 2.75) is 0 Å². The first-order chi connectivity index (χ1) is 12.6. The second-order valence-corrected chi connectivity index (χ2v) is 5.74. The van der Waals surface area contributed by atoms with Crippen LogP contribution in [0.15, 0.2) is 49.2 Å². The lowest BCUT2D eigenvalue weighted by molar-refractivity contribution is 0.509. The number of hydrogen-bond donors (Lipinski definition) is 0. The van der Waals surface area contributed by atoms with Crippen molar-refractivity contribution >= 4 is 11.0 Å². The second-order valence-electron chi connectivity index (χ2n) is 5.74. The molecule has 26 heavy (non-hydrogen) atoms. The predicted molar refractivity (Wildman–Crippen MR) is 91.8 cm³/mol. The molecule has 0 aliphatic rings. The Morgan fingerprint density at radius 3 is 2.65 bits per heavy atom. The molecule has 2 heterocycles. The molecule has 0 bridgehead atoms. The molecule has 0 atom stereocenters. The van der Waals surface area contributed by atoms with Crippen LogP contribution in [0.5, 0.6) is 0 Å². The maximum absolute atomic E-state index is 14.9. The second kappa shape index (κ2) is 6.01. The van der Waals surface area contributed by atoms with E-state index in [1.807, 2.05) is 11.6 Å². The van der Waals surface area contributed by atoms with Crippen molar-refractivity contribution in [3.05, 3.63) is 66.4 Å². The lowest BCUT2D eigenvalue weighted by Crippen LogP contribution is -1.99. The van der Waals surface area contributed by atoms with Gasteiger partial charge in [-0.05, 0) is 29.8 Å². The molecule has 0 unspecified atom stereocenters. The first-order valence-electron chi connectivity index (χ1n) is 7.70. The summed E-state index contributed by atoms with van der Waals surface area (Å²) in [5.74, 6) is -2.27. The van der Waals surface area contributed by atoms with Gasteiger partial charge in [0.05, 0.1) is 28.6 Å². The van der Waals surface area contributed by atoms with Gasteiger partial charge in [0.25, 0.3) is 0 Å². The molecule has 5 nitrogen and oxygen atoms in total. The van der Waals surface area contributed by atoms with E-state index in [0.717, 1.165) is 5.52 Å². The molecular weight excluding hydrogens is 336 g/mol. The molecule has 0 saturated carbocycles. The van der Waals surface area contributed by atoms with Crippen molar-refractivity contribution in [1.82, 2.24) is 19.5 Å². The highest BCUT2D eigenvalue weighted by atomic mass is 19.2. The van der Waals surface area contributed by atoms with Gasteiger partial charge in [-0.2, -0.15) is 5.26 Å². The van der Waals surface area contributed by atoms with Crippen LogP contribution in [0.1, 0.15) is 5.56 Å². The van der Waals surface area contributed by atoms with Crippen LogP contribution in [0.2, 0.25) is 0 Å². The number of halogens is 2. The Morgan fingerprint density at radius 2 is 1.92 bits per heavy atom. The van der Waals surface area contributed by atoms with E-state index in [2.05, 4.69) is 15.0 Å². The number of benzene rings is 2. The zero-order valence-corrected chi connectivity index (χ0v) is 13.6. The molecule has 2 aromatic heterocycles. The highest BCUT2D eigenvalue weighted by molar-refractivity contribution is 5.88. The minimum Gasteiger partial charge on any atom is -0.334 e. The molecule has 0 fully saturated rings. The Bertz CT molecular complexity index is 1180. The van der Waals surface area contributed by atoms with Gasteiger partial charge in [0.15, 0.2) is 11.6 Å². The Morgan fingerprint density at radius 1 is 1.08 bits per heavy atom. The molecule has 0 saturated heterocycles. The summed E-state index contributed by atoms with van der Waals surface area (Å²) in [5, 5.41) is 9.12. The van der Waals surface area contributed by atoms with E-state index in [1.165, 1.54) is 18.6 Å². The van der Waals surface area contributed by atoms with Crippen molar-refractivity contribution < 1.29 is 8.78 Å². The van der Waals surface area contributed by atoms with Crippen LogP contribution < -0.4 is 0 Å². The van der Waals surface area contributed by atoms with Gasteiger partial charge in [0.2, 0.25) is 0 Å².